The molecule has 0 unspecified atom stereocenters. The van der Waals surface area contributed by atoms with E-state index in [1.807, 2.05) is 24.3 Å². The van der Waals surface area contributed by atoms with Crippen molar-refractivity contribution in [3.8, 4) is 6.07 Å². The number of nitriles is 1. The Labute approximate surface area is 104 Å². The number of nitrogens with zero attached hydrogens (tertiary/aromatic N) is 1. The first kappa shape index (κ1) is 12.7. The molecular formula is C12H13BrN2O. The highest BCUT2D eigenvalue weighted by Gasteiger charge is 2.09. The molecule has 1 rings (SSSR count). The van der Waals surface area contributed by atoms with E-state index in [9.17, 15) is 4.79 Å². The van der Waals surface area contributed by atoms with E-state index in [1.54, 1.807) is 0 Å². The van der Waals surface area contributed by atoms with Crippen LogP contribution >= 0.6 is 15.9 Å². The number of nitrogens with one attached hydrogen (secondary N) is 1. The summed E-state index contributed by atoms with van der Waals surface area (Å²) in [6.07, 6.45) is -0.117. The molecule has 1 amide bonds. The topological polar surface area (TPSA) is 52.9 Å². The molecule has 1 N–H and O–H groups in total. The second kappa shape index (κ2) is 5.66. The van der Waals surface area contributed by atoms with Crippen molar-refractivity contribution in [1.82, 2.24) is 0 Å². The van der Waals surface area contributed by atoms with E-state index in [1.165, 1.54) is 0 Å². The highest BCUT2D eigenvalue weighted by molar-refractivity contribution is 9.10. The van der Waals surface area contributed by atoms with Gasteiger partial charge in [0.05, 0.1) is 6.07 Å². The van der Waals surface area contributed by atoms with Crippen molar-refractivity contribution in [2.45, 2.75) is 26.2 Å². The third kappa shape index (κ3) is 3.35. The van der Waals surface area contributed by atoms with Crippen molar-refractivity contribution in [3.05, 3.63) is 28.2 Å². The van der Waals surface area contributed by atoms with E-state index in [2.05, 4.69) is 35.1 Å². The fraction of sp³-hybridized carbons (Fsp3) is 0.333. The van der Waals surface area contributed by atoms with Crippen LogP contribution < -0.4 is 5.32 Å². The number of anilines is 1. The lowest BCUT2D eigenvalue weighted by molar-refractivity contribution is -0.115. The lowest BCUT2D eigenvalue weighted by atomic mass is 10.0. The van der Waals surface area contributed by atoms with Gasteiger partial charge in [-0.15, -0.1) is 0 Å². The van der Waals surface area contributed by atoms with Crippen molar-refractivity contribution in [1.29, 1.82) is 5.26 Å². The number of benzene rings is 1. The molecule has 0 saturated carbocycles. The van der Waals surface area contributed by atoms with Crippen LogP contribution in [0.4, 0.5) is 5.69 Å². The van der Waals surface area contributed by atoms with E-state index >= 15 is 0 Å². The third-order valence-corrected chi connectivity index (χ3v) is 2.64. The number of hydrogen-bond donors (Lipinski definition) is 1. The highest BCUT2D eigenvalue weighted by Crippen LogP contribution is 2.27. The lowest BCUT2D eigenvalue weighted by Crippen LogP contribution is -2.12. The molecule has 1 aromatic carbocycles. The molecule has 0 heterocycles. The minimum Gasteiger partial charge on any atom is -0.325 e. The summed E-state index contributed by atoms with van der Waals surface area (Å²) in [7, 11) is 0. The van der Waals surface area contributed by atoms with Crippen LogP contribution in [-0.4, -0.2) is 5.91 Å². The van der Waals surface area contributed by atoms with Gasteiger partial charge in [-0.05, 0) is 29.7 Å². The van der Waals surface area contributed by atoms with Crippen LogP contribution in [0.25, 0.3) is 0 Å². The summed E-state index contributed by atoms with van der Waals surface area (Å²) in [5, 5.41) is 11.2. The Morgan fingerprint density at radius 2 is 2.25 bits per heavy atom. The van der Waals surface area contributed by atoms with Crippen molar-refractivity contribution >= 4 is 27.5 Å². The van der Waals surface area contributed by atoms with E-state index in [0.29, 0.717) is 5.92 Å². The van der Waals surface area contributed by atoms with Crippen molar-refractivity contribution < 1.29 is 4.79 Å². The summed E-state index contributed by atoms with van der Waals surface area (Å²) in [6, 6.07) is 7.52. The van der Waals surface area contributed by atoms with Gasteiger partial charge < -0.3 is 5.32 Å². The van der Waals surface area contributed by atoms with Crippen molar-refractivity contribution in [3.63, 3.8) is 0 Å². The molecule has 4 heteroatoms. The summed E-state index contributed by atoms with van der Waals surface area (Å²) in [4.78, 5) is 11.3. The Bertz CT molecular complexity index is 435. The minimum atomic E-state index is -0.272. The van der Waals surface area contributed by atoms with Crippen LogP contribution in [0.1, 0.15) is 31.7 Å². The summed E-state index contributed by atoms with van der Waals surface area (Å²) < 4.78 is 0.981. The largest absolute Gasteiger partial charge is 0.325 e. The average Bonchev–Trinajstić information content (AvgIpc) is 2.20. The van der Waals surface area contributed by atoms with Gasteiger partial charge in [0.1, 0.15) is 6.42 Å². The van der Waals surface area contributed by atoms with Gasteiger partial charge in [-0.25, -0.2) is 0 Å². The number of carbonyl (C=O) groups is 1. The Hall–Kier alpha value is -1.34. The Morgan fingerprint density at radius 3 is 2.81 bits per heavy atom. The summed E-state index contributed by atoms with van der Waals surface area (Å²) in [5.41, 5.74) is 1.83. The second-order valence-corrected chi connectivity index (χ2v) is 4.69. The van der Waals surface area contributed by atoms with Crippen LogP contribution in [0.15, 0.2) is 22.7 Å². The standard InChI is InChI=1S/C12H13BrN2O/c1-8(2)10-7-9(13)3-4-11(10)15-12(16)5-6-14/h3-4,7-8H,5H2,1-2H3,(H,15,16). The predicted molar refractivity (Wildman–Crippen MR) is 67.1 cm³/mol. The zero-order valence-electron chi connectivity index (χ0n) is 9.25. The maximum absolute atomic E-state index is 11.3. The van der Waals surface area contributed by atoms with E-state index in [4.69, 9.17) is 5.26 Å². The van der Waals surface area contributed by atoms with E-state index in [0.717, 1.165) is 15.7 Å². The van der Waals surface area contributed by atoms with Crippen LogP contribution in [0.2, 0.25) is 0 Å². The van der Waals surface area contributed by atoms with Gasteiger partial charge >= 0.3 is 0 Å². The summed E-state index contributed by atoms with van der Waals surface area (Å²) in [6.45, 7) is 4.11. The molecule has 0 spiro atoms. The SMILES string of the molecule is CC(C)c1cc(Br)ccc1NC(=O)CC#N. The Morgan fingerprint density at radius 1 is 1.56 bits per heavy atom. The van der Waals surface area contributed by atoms with Gasteiger partial charge in [0.15, 0.2) is 0 Å². The quantitative estimate of drug-likeness (QED) is 0.922. The summed E-state index contributed by atoms with van der Waals surface area (Å²) in [5.74, 6) is 0.0432. The zero-order valence-corrected chi connectivity index (χ0v) is 10.8. The smallest absolute Gasteiger partial charge is 0.238 e. The third-order valence-electron chi connectivity index (χ3n) is 2.15. The van der Waals surface area contributed by atoms with E-state index in [-0.39, 0.29) is 12.3 Å². The zero-order chi connectivity index (χ0) is 12.1. The molecule has 84 valence electrons. The molecular weight excluding hydrogens is 268 g/mol. The van der Waals surface area contributed by atoms with Crippen LogP contribution in [0.5, 0.6) is 0 Å². The van der Waals surface area contributed by atoms with Gasteiger partial charge in [0, 0.05) is 10.2 Å². The van der Waals surface area contributed by atoms with Gasteiger partial charge in [0.25, 0.3) is 0 Å². The van der Waals surface area contributed by atoms with Crippen LogP contribution in [0, 0.1) is 11.3 Å². The van der Waals surface area contributed by atoms with Gasteiger partial charge in [-0.3, -0.25) is 4.79 Å². The fourth-order valence-electron chi connectivity index (χ4n) is 1.39. The maximum Gasteiger partial charge on any atom is 0.238 e. The van der Waals surface area contributed by atoms with E-state index < -0.39 is 0 Å². The molecule has 0 aromatic heterocycles. The lowest BCUT2D eigenvalue weighted by Gasteiger charge is -2.13. The first-order chi connectivity index (χ1) is 7.54. The minimum absolute atomic E-state index is 0.117. The number of rotatable bonds is 3. The first-order valence-corrected chi connectivity index (χ1v) is 5.80. The summed E-state index contributed by atoms with van der Waals surface area (Å²) >= 11 is 3.40. The van der Waals surface area contributed by atoms with Gasteiger partial charge in [-0.1, -0.05) is 29.8 Å². The van der Waals surface area contributed by atoms with Gasteiger partial charge in [-0.2, -0.15) is 5.26 Å². The molecule has 0 aliphatic heterocycles. The van der Waals surface area contributed by atoms with Crippen molar-refractivity contribution in [2.75, 3.05) is 5.32 Å². The molecule has 0 aliphatic carbocycles. The molecule has 1 aromatic rings. The first-order valence-electron chi connectivity index (χ1n) is 5.01. The fourth-order valence-corrected chi connectivity index (χ4v) is 1.77. The molecule has 0 aliphatic rings. The number of amides is 1. The molecule has 0 fully saturated rings. The van der Waals surface area contributed by atoms with Crippen molar-refractivity contribution in [2.24, 2.45) is 0 Å². The maximum atomic E-state index is 11.3. The highest BCUT2D eigenvalue weighted by atomic mass is 79.9. The average molecular weight is 281 g/mol. The predicted octanol–water partition coefficient (Wildman–Crippen LogP) is 3.42. The molecule has 16 heavy (non-hydrogen) atoms. The number of carbonyl (C=O) groups excluding carboxylic acids is 1. The van der Waals surface area contributed by atoms with Crippen LogP contribution in [0.3, 0.4) is 0 Å². The Balaban J connectivity index is 2.96. The molecule has 0 saturated heterocycles. The molecule has 0 bridgehead atoms. The Kier molecular flexibility index (Phi) is 4.51. The number of halogens is 1. The monoisotopic (exact) mass is 280 g/mol. The molecule has 0 atom stereocenters. The molecule has 0 radical (unpaired) electrons. The second-order valence-electron chi connectivity index (χ2n) is 3.77. The number of hydrogen-bond acceptors (Lipinski definition) is 2. The van der Waals surface area contributed by atoms with Crippen LogP contribution in [-0.2, 0) is 4.79 Å². The van der Waals surface area contributed by atoms with Gasteiger partial charge in [0.2, 0.25) is 5.91 Å². The molecule has 3 nitrogen and oxygen atoms in total. The normalized spacial score (nSPS) is 9.94.